The second kappa shape index (κ2) is 11.4. The number of fused-ring (bicyclic) bond motifs is 1. The first-order chi connectivity index (χ1) is 17.6. The van der Waals surface area contributed by atoms with Crippen LogP contribution in [-0.2, 0) is 24.0 Å². The van der Waals surface area contributed by atoms with E-state index in [0.717, 1.165) is 0 Å². The summed E-state index contributed by atoms with van der Waals surface area (Å²) < 4.78 is 26.2. The zero-order chi connectivity index (χ0) is 28.5. The van der Waals surface area contributed by atoms with Crippen molar-refractivity contribution in [1.29, 1.82) is 0 Å². The van der Waals surface area contributed by atoms with Gasteiger partial charge in [-0.15, -0.1) is 0 Å². The summed E-state index contributed by atoms with van der Waals surface area (Å²) in [6.07, 6.45) is 1.24. The largest absolute Gasteiger partial charge is 0.368 e. The van der Waals surface area contributed by atoms with Crippen molar-refractivity contribution < 1.29 is 32.8 Å². The van der Waals surface area contributed by atoms with E-state index in [1.807, 2.05) is 26.0 Å². The number of nitrogens with zero attached hydrogens (tertiary/aromatic N) is 1. The Bertz CT molecular complexity index is 997. The molecular weight excluding hydrogens is 500 g/mol. The molecule has 0 aromatic rings. The average Bonchev–Trinajstić information content (AvgIpc) is 3.42. The molecule has 3 rings (SSSR count). The van der Waals surface area contributed by atoms with Crippen molar-refractivity contribution in [2.24, 2.45) is 40.7 Å². The van der Waals surface area contributed by atoms with Crippen LogP contribution in [0.3, 0.4) is 0 Å². The van der Waals surface area contributed by atoms with Gasteiger partial charge in [0.05, 0.1) is 0 Å². The van der Waals surface area contributed by atoms with Gasteiger partial charge in [-0.25, -0.2) is 0 Å². The fourth-order valence-corrected chi connectivity index (χ4v) is 5.94. The van der Waals surface area contributed by atoms with Gasteiger partial charge in [0.15, 0.2) is 0 Å². The van der Waals surface area contributed by atoms with Gasteiger partial charge in [0.2, 0.25) is 23.6 Å². The summed E-state index contributed by atoms with van der Waals surface area (Å²) in [5.41, 5.74) is 4.64. The molecule has 0 saturated carbocycles. The molecule has 5 amide bonds. The van der Waals surface area contributed by atoms with Crippen molar-refractivity contribution in [3.63, 3.8) is 0 Å². The normalized spacial score (nSPS) is 30.4. The lowest BCUT2D eigenvalue weighted by molar-refractivity contribution is -0.147. The minimum atomic E-state index is -3.30. The van der Waals surface area contributed by atoms with Gasteiger partial charge in [0, 0.05) is 19.0 Å². The van der Waals surface area contributed by atoms with Gasteiger partial charge < -0.3 is 26.6 Å². The quantitative estimate of drug-likeness (QED) is 0.333. The molecule has 3 aliphatic rings. The number of halogens is 2. The first-order valence-electron chi connectivity index (χ1n) is 13.1. The van der Waals surface area contributed by atoms with Crippen LogP contribution in [0.15, 0.2) is 12.2 Å². The summed E-state index contributed by atoms with van der Waals surface area (Å²) in [6.45, 7) is 9.49. The van der Waals surface area contributed by atoms with Gasteiger partial charge in [-0.1, -0.05) is 46.8 Å². The molecule has 2 aliphatic heterocycles. The molecular formula is C26H39F2N5O5. The van der Waals surface area contributed by atoms with Crippen molar-refractivity contribution in [3.05, 3.63) is 12.2 Å². The van der Waals surface area contributed by atoms with Gasteiger partial charge in [-0.2, -0.15) is 8.78 Å². The SMILES string of the molecule is C[C@@H]1C=C[C@H](C)[C@H]2CN(C(=O)[C@@H](NC(=O)C(F)F)C(C)(C)C)[C@H](C(=O)N[C@@H](C[C@@H]3CCNC3=O)C(N)=O)[C@H]21. The van der Waals surface area contributed by atoms with E-state index >= 15 is 0 Å². The van der Waals surface area contributed by atoms with Crippen molar-refractivity contribution in [2.75, 3.05) is 13.1 Å². The lowest BCUT2D eigenvalue weighted by Crippen LogP contribution is -2.60. The molecule has 2 saturated heterocycles. The molecule has 0 bridgehead atoms. The molecule has 2 fully saturated rings. The van der Waals surface area contributed by atoms with Gasteiger partial charge in [-0.05, 0) is 41.9 Å². The average molecular weight is 540 g/mol. The van der Waals surface area contributed by atoms with E-state index in [2.05, 4.69) is 16.0 Å². The summed E-state index contributed by atoms with van der Waals surface area (Å²) in [5.74, 6) is -4.79. The first kappa shape index (κ1) is 29.5. The summed E-state index contributed by atoms with van der Waals surface area (Å²) >= 11 is 0. The highest BCUT2D eigenvalue weighted by Crippen LogP contribution is 2.44. The Hall–Kier alpha value is -3.05. The van der Waals surface area contributed by atoms with Crippen molar-refractivity contribution in [1.82, 2.24) is 20.9 Å². The van der Waals surface area contributed by atoms with Crippen molar-refractivity contribution >= 4 is 29.5 Å². The molecule has 0 unspecified atom stereocenters. The molecule has 38 heavy (non-hydrogen) atoms. The van der Waals surface area contributed by atoms with Crippen molar-refractivity contribution in [2.45, 2.75) is 72.0 Å². The Balaban J connectivity index is 1.93. The highest BCUT2D eigenvalue weighted by atomic mass is 19.3. The van der Waals surface area contributed by atoms with Gasteiger partial charge in [0.1, 0.15) is 18.1 Å². The molecule has 0 radical (unpaired) electrons. The number of primary amides is 1. The molecule has 212 valence electrons. The lowest BCUT2D eigenvalue weighted by Gasteiger charge is -2.37. The van der Waals surface area contributed by atoms with Crippen molar-refractivity contribution in [3.8, 4) is 0 Å². The number of carbonyl (C=O) groups excluding carboxylic acids is 5. The van der Waals surface area contributed by atoms with Crippen LogP contribution in [0.4, 0.5) is 8.78 Å². The van der Waals surface area contributed by atoms with Gasteiger partial charge in [0.25, 0.3) is 5.91 Å². The van der Waals surface area contributed by atoms with Crippen LogP contribution in [0, 0.1) is 35.0 Å². The van der Waals surface area contributed by atoms with Crippen LogP contribution >= 0.6 is 0 Å². The van der Waals surface area contributed by atoms with E-state index in [4.69, 9.17) is 5.73 Å². The fraction of sp³-hybridized carbons (Fsp3) is 0.731. The topological polar surface area (TPSA) is 151 Å². The Labute approximate surface area is 221 Å². The van der Waals surface area contributed by atoms with Crippen LogP contribution in [-0.4, -0.2) is 72.1 Å². The Morgan fingerprint density at radius 1 is 1.13 bits per heavy atom. The number of nitrogens with two attached hydrogens (primary N) is 1. The maximum Gasteiger partial charge on any atom is 0.315 e. The number of alkyl halides is 2. The zero-order valence-corrected chi connectivity index (χ0v) is 22.5. The molecule has 0 aromatic heterocycles. The van der Waals surface area contributed by atoms with Gasteiger partial charge in [-0.3, -0.25) is 24.0 Å². The summed E-state index contributed by atoms with van der Waals surface area (Å²) in [6, 6.07) is -3.47. The van der Waals surface area contributed by atoms with E-state index in [1.54, 1.807) is 20.8 Å². The second-order valence-electron chi connectivity index (χ2n) is 11.9. The minimum Gasteiger partial charge on any atom is -0.368 e. The van der Waals surface area contributed by atoms with Crippen LogP contribution in [0.2, 0.25) is 0 Å². The van der Waals surface area contributed by atoms with Crippen LogP contribution < -0.4 is 21.7 Å². The molecule has 1 aliphatic carbocycles. The van der Waals surface area contributed by atoms with Gasteiger partial charge >= 0.3 is 6.43 Å². The third kappa shape index (κ3) is 6.15. The third-order valence-corrected chi connectivity index (χ3v) is 8.10. The number of hydrogen-bond acceptors (Lipinski definition) is 5. The van der Waals surface area contributed by atoms with E-state index in [9.17, 15) is 32.8 Å². The number of carbonyl (C=O) groups is 5. The van der Waals surface area contributed by atoms with E-state index in [0.29, 0.717) is 13.0 Å². The molecule has 8 atom stereocenters. The fourth-order valence-electron chi connectivity index (χ4n) is 5.94. The predicted molar refractivity (Wildman–Crippen MR) is 134 cm³/mol. The molecule has 5 N–H and O–H groups in total. The molecule has 2 heterocycles. The predicted octanol–water partition coefficient (Wildman–Crippen LogP) is 0.564. The van der Waals surface area contributed by atoms with Crippen LogP contribution in [0.1, 0.15) is 47.5 Å². The third-order valence-electron chi connectivity index (χ3n) is 8.10. The second-order valence-corrected chi connectivity index (χ2v) is 11.9. The van der Waals surface area contributed by atoms with E-state index in [-0.39, 0.29) is 42.5 Å². The number of rotatable bonds is 8. The maximum absolute atomic E-state index is 13.9. The highest BCUT2D eigenvalue weighted by molar-refractivity contribution is 5.95. The molecule has 10 nitrogen and oxygen atoms in total. The summed E-state index contributed by atoms with van der Waals surface area (Å²) in [7, 11) is 0. The summed E-state index contributed by atoms with van der Waals surface area (Å²) in [4.78, 5) is 65.2. The maximum atomic E-state index is 13.9. The standard InChI is InChI=1S/C26H39F2N5O5/c1-12-6-7-13(2)17-15(12)11-33(25(38)19(26(3,4)5)32-24(37)20(27)28)18(17)23(36)31-16(21(29)34)10-14-8-9-30-22(14)35/h6-7,12-20H,8-11H2,1-5H3,(H2,29,34)(H,30,35)(H,31,36)(H,32,37)/t12-,13+,14-,15+,16-,17-,18-,19+/m0/s1. The molecule has 0 aromatic carbocycles. The van der Waals surface area contributed by atoms with Crippen LogP contribution in [0.5, 0.6) is 0 Å². The Morgan fingerprint density at radius 2 is 1.76 bits per heavy atom. The number of allylic oxidation sites excluding steroid dienone is 2. The monoisotopic (exact) mass is 539 g/mol. The number of likely N-dealkylation sites (tertiary alicyclic amines) is 1. The smallest absolute Gasteiger partial charge is 0.315 e. The highest BCUT2D eigenvalue weighted by Gasteiger charge is 2.54. The number of nitrogens with one attached hydrogen (secondary N) is 3. The van der Waals surface area contributed by atoms with E-state index < -0.39 is 59.5 Å². The number of hydrogen-bond donors (Lipinski definition) is 4. The Morgan fingerprint density at radius 3 is 2.29 bits per heavy atom. The van der Waals surface area contributed by atoms with Crippen LogP contribution in [0.25, 0.3) is 0 Å². The summed E-state index contributed by atoms with van der Waals surface area (Å²) in [5, 5.41) is 7.53. The lowest BCUT2D eigenvalue weighted by atomic mass is 9.71. The Kier molecular flexibility index (Phi) is 8.82. The van der Waals surface area contributed by atoms with E-state index in [1.165, 1.54) is 4.90 Å². The minimum absolute atomic E-state index is 0.0298. The molecule has 0 spiro atoms. The zero-order valence-electron chi connectivity index (χ0n) is 22.5. The molecule has 12 heteroatoms. The number of amides is 5. The first-order valence-corrected chi connectivity index (χ1v) is 13.1.